The monoisotopic (exact) mass is 300 g/mol. The SMILES string of the molecule is CCNCc1n[nH]c(C)c1S(=O)(=O)NC(C)CC1CC1. The van der Waals surface area contributed by atoms with Crippen molar-refractivity contribution in [3.63, 3.8) is 0 Å². The largest absolute Gasteiger partial charge is 0.311 e. The van der Waals surface area contributed by atoms with Crippen molar-refractivity contribution in [2.75, 3.05) is 6.54 Å². The molecule has 2 rings (SSSR count). The van der Waals surface area contributed by atoms with Crippen molar-refractivity contribution in [2.45, 2.75) is 57.5 Å². The van der Waals surface area contributed by atoms with Gasteiger partial charge in [-0.05, 0) is 32.7 Å². The molecule has 1 atom stereocenters. The smallest absolute Gasteiger partial charge is 0.244 e. The normalized spacial score (nSPS) is 17.4. The molecule has 1 saturated carbocycles. The molecule has 0 radical (unpaired) electrons. The molecule has 114 valence electrons. The lowest BCUT2D eigenvalue weighted by Gasteiger charge is -2.14. The molecule has 1 aliphatic rings. The lowest BCUT2D eigenvalue weighted by Crippen LogP contribution is -2.34. The third-order valence-corrected chi connectivity index (χ3v) is 5.30. The van der Waals surface area contributed by atoms with E-state index in [4.69, 9.17) is 0 Å². The van der Waals surface area contributed by atoms with Crippen molar-refractivity contribution in [2.24, 2.45) is 5.92 Å². The van der Waals surface area contributed by atoms with Gasteiger partial charge < -0.3 is 5.32 Å². The number of aromatic amines is 1. The average molecular weight is 300 g/mol. The minimum atomic E-state index is -3.51. The summed E-state index contributed by atoms with van der Waals surface area (Å²) in [6.45, 7) is 6.87. The van der Waals surface area contributed by atoms with E-state index in [-0.39, 0.29) is 6.04 Å². The number of rotatable bonds is 8. The second kappa shape index (κ2) is 6.24. The highest BCUT2D eigenvalue weighted by Gasteiger charge is 2.29. The summed E-state index contributed by atoms with van der Waals surface area (Å²) in [5.41, 5.74) is 1.14. The number of H-pyrrole nitrogens is 1. The molecule has 6 nitrogen and oxygen atoms in total. The summed E-state index contributed by atoms with van der Waals surface area (Å²) < 4.78 is 27.8. The van der Waals surface area contributed by atoms with Gasteiger partial charge in [0.15, 0.2) is 0 Å². The summed E-state index contributed by atoms with van der Waals surface area (Å²) in [6, 6.07) is -0.0335. The quantitative estimate of drug-likeness (QED) is 0.675. The van der Waals surface area contributed by atoms with Gasteiger partial charge in [-0.1, -0.05) is 19.8 Å². The fourth-order valence-electron chi connectivity index (χ4n) is 2.41. The molecular weight excluding hydrogens is 276 g/mol. The molecule has 20 heavy (non-hydrogen) atoms. The molecular formula is C13H24N4O2S. The van der Waals surface area contributed by atoms with E-state index in [0.29, 0.717) is 28.7 Å². The van der Waals surface area contributed by atoms with Crippen molar-refractivity contribution in [1.82, 2.24) is 20.2 Å². The number of sulfonamides is 1. The second-order valence-corrected chi connectivity index (χ2v) is 7.26. The van der Waals surface area contributed by atoms with Gasteiger partial charge in [-0.3, -0.25) is 5.10 Å². The minimum Gasteiger partial charge on any atom is -0.311 e. The third kappa shape index (κ3) is 3.80. The van der Waals surface area contributed by atoms with Gasteiger partial charge in [0, 0.05) is 12.6 Å². The van der Waals surface area contributed by atoms with Crippen LogP contribution in [0.4, 0.5) is 0 Å². The molecule has 7 heteroatoms. The molecule has 0 saturated heterocycles. The molecule has 1 fully saturated rings. The molecule has 1 aliphatic carbocycles. The first-order chi connectivity index (χ1) is 9.44. The Bertz CT molecular complexity index is 549. The second-order valence-electron chi connectivity index (χ2n) is 5.61. The minimum absolute atomic E-state index is 0.0335. The predicted octanol–water partition coefficient (Wildman–Crippen LogP) is 1.29. The molecule has 0 aromatic carbocycles. The van der Waals surface area contributed by atoms with Crippen molar-refractivity contribution in [1.29, 1.82) is 0 Å². The Kier molecular flexibility index (Phi) is 4.82. The van der Waals surface area contributed by atoms with E-state index in [1.165, 1.54) is 12.8 Å². The zero-order chi connectivity index (χ0) is 14.8. The first-order valence-corrected chi connectivity index (χ1v) is 8.69. The number of aromatic nitrogens is 2. The van der Waals surface area contributed by atoms with Crippen LogP contribution < -0.4 is 10.0 Å². The van der Waals surface area contributed by atoms with E-state index in [2.05, 4.69) is 20.2 Å². The average Bonchev–Trinajstić information content (AvgIpc) is 3.06. The summed E-state index contributed by atoms with van der Waals surface area (Å²) in [7, 11) is -3.51. The molecule has 3 N–H and O–H groups in total. The predicted molar refractivity (Wildman–Crippen MR) is 77.8 cm³/mol. The number of hydrogen-bond acceptors (Lipinski definition) is 4. The Balaban J connectivity index is 2.12. The Hall–Kier alpha value is -0.920. The number of aryl methyl sites for hydroxylation is 1. The van der Waals surface area contributed by atoms with Crippen molar-refractivity contribution < 1.29 is 8.42 Å². The Labute approximate surface area is 120 Å². The highest BCUT2D eigenvalue weighted by atomic mass is 32.2. The zero-order valence-electron chi connectivity index (χ0n) is 12.4. The van der Waals surface area contributed by atoms with Crippen LogP contribution in [0.5, 0.6) is 0 Å². The maximum absolute atomic E-state index is 12.5. The molecule has 0 aliphatic heterocycles. The summed E-state index contributed by atoms with van der Waals surface area (Å²) in [4.78, 5) is 0.293. The van der Waals surface area contributed by atoms with Crippen LogP contribution in [-0.4, -0.2) is 31.2 Å². The zero-order valence-corrected chi connectivity index (χ0v) is 13.2. The van der Waals surface area contributed by atoms with Crippen LogP contribution in [0.1, 0.15) is 44.5 Å². The first kappa shape index (κ1) is 15.5. The van der Waals surface area contributed by atoms with E-state index in [1.54, 1.807) is 6.92 Å². The lowest BCUT2D eigenvalue weighted by atomic mass is 10.2. The van der Waals surface area contributed by atoms with Crippen LogP contribution in [-0.2, 0) is 16.6 Å². The van der Waals surface area contributed by atoms with Gasteiger partial charge in [0.05, 0.1) is 11.4 Å². The first-order valence-electron chi connectivity index (χ1n) is 7.21. The van der Waals surface area contributed by atoms with Crippen LogP contribution in [0.25, 0.3) is 0 Å². The number of nitrogens with zero attached hydrogens (tertiary/aromatic N) is 1. The van der Waals surface area contributed by atoms with Gasteiger partial charge in [-0.2, -0.15) is 5.10 Å². The molecule has 1 heterocycles. The number of hydrogen-bond donors (Lipinski definition) is 3. The summed E-state index contributed by atoms with van der Waals surface area (Å²) >= 11 is 0. The third-order valence-electron chi connectivity index (χ3n) is 3.51. The van der Waals surface area contributed by atoms with E-state index >= 15 is 0 Å². The fourth-order valence-corrected chi connectivity index (χ4v) is 4.04. The van der Waals surface area contributed by atoms with Crippen molar-refractivity contribution in [3.8, 4) is 0 Å². The van der Waals surface area contributed by atoms with E-state index < -0.39 is 10.0 Å². The van der Waals surface area contributed by atoms with Crippen LogP contribution in [0.15, 0.2) is 4.90 Å². The van der Waals surface area contributed by atoms with Gasteiger partial charge in [0.2, 0.25) is 10.0 Å². The Morgan fingerprint density at radius 3 is 2.75 bits per heavy atom. The number of nitrogens with one attached hydrogen (secondary N) is 3. The van der Waals surface area contributed by atoms with Crippen LogP contribution in [0.3, 0.4) is 0 Å². The van der Waals surface area contributed by atoms with Gasteiger partial charge in [-0.25, -0.2) is 13.1 Å². The van der Waals surface area contributed by atoms with Gasteiger partial charge in [0.25, 0.3) is 0 Å². The maximum Gasteiger partial charge on any atom is 0.244 e. The molecule has 1 unspecified atom stereocenters. The Morgan fingerprint density at radius 1 is 1.45 bits per heavy atom. The van der Waals surface area contributed by atoms with Crippen molar-refractivity contribution >= 4 is 10.0 Å². The van der Waals surface area contributed by atoms with E-state index in [9.17, 15) is 8.42 Å². The topological polar surface area (TPSA) is 86.9 Å². The highest BCUT2D eigenvalue weighted by Crippen LogP contribution is 2.33. The summed E-state index contributed by atoms with van der Waals surface area (Å²) in [5, 5.41) is 9.97. The fraction of sp³-hybridized carbons (Fsp3) is 0.769. The van der Waals surface area contributed by atoms with Crippen molar-refractivity contribution in [3.05, 3.63) is 11.4 Å². The standard InChI is InChI=1S/C13H24N4O2S/c1-4-14-8-12-13(10(3)15-16-12)20(18,19)17-9(2)7-11-5-6-11/h9,11,14,17H,4-8H2,1-3H3,(H,15,16). The van der Waals surface area contributed by atoms with Crippen LogP contribution in [0, 0.1) is 12.8 Å². The lowest BCUT2D eigenvalue weighted by molar-refractivity contribution is 0.528. The molecule has 0 bridgehead atoms. The van der Waals surface area contributed by atoms with Gasteiger partial charge in [-0.15, -0.1) is 0 Å². The molecule has 0 amide bonds. The Morgan fingerprint density at radius 2 is 2.15 bits per heavy atom. The summed E-state index contributed by atoms with van der Waals surface area (Å²) in [6.07, 6.45) is 3.36. The van der Waals surface area contributed by atoms with Gasteiger partial charge >= 0.3 is 0 Å². The van der Waals surface area contributed by atoms with E-state index in [1.807, 2.05) is 13.8 Å². The van der Waals surface area contributed by atoms with E-state index in [0.717, 1.165) is 13.0 Å². The molecule has 1 aromatic heterocycles. The van der Waals surface area contributed by atoms with Crippen LogP contribution in [0.2, 0.25) is 0 Å². The van der Waals surface area contributed by atoms with Gasteiger partial charge in [0.1, 0.15) is 4.90 Å². The maximum atomic E-state index is 12.5. The summed E-state index contributed by atoms with van der Waals surface area (Å²) in [5.74, 6) is 0.694. The molecule has 0 spiro atoms. The highest BCUT2D eigenvalue weighted by molar-refractivity contribution is 7.89. The van der Waals surface area contributed by atoms with Crippen LogP contribution >= 0.6 is 0 Å². The molecule has 1 aromatic rings.